The summed E-state index contributed by atoms with van der Waals surface area (Å²) in [5.41, 5.74) is 0.784. The number of anilines is 1. The van der Waals surface area contributed by atoms with Gasteiger partial charge in [0.25, 0.3) is 17.5 Å². The van der Waals surface area contributed by atoms with E-state index in [1.165, 1.54) is 23.1 Å². The first kappa shape index (κ1) is 19.7. The van der Waals surface area contributed by atoms with E-state index in [9.17, 15) is 19.7 Å². The largest absolute Gasteiger partial charge is 0.366 e. The molecule has 3 rings (SSSR count). The van der Waals surface area contributed by atoms with Crippen molar-refractivity contribution < 1.29 is 14.5 Å². The van der Waals surface area contributed by atoms with Crippen molar-refractivity contribution in [2.75, 3.05) is 24.5 Å². The average Bonchev–Trinajstić information content (AvgIpc) is 2.69. The Morgan fingerprint density at radius 2 is 1.96 bits per heavy atom. The number of nitrogens with zero attached hydrogens (tertiary/aromatic N) is 3. The third kappa shape index (κ3) is 3.94. The predicted molar refractivity (Wildman–Crippen MR) is 110 cm³/mol. The Hall–Kier alpha value is -3.07. The van der Waals surface area contributed by atoms with E-state index in [0.717, 1.165) is 32.4 Å². The first-order valence-electron chi connectivity index (χ1n) is 8.95. The van der Waals surface area contributed by atoms with Crippen molar-refractivity contribution in [3.63, 3.8) is 0 Å². The number of hydrogen-bond acceptors (Lipinski definition) is 6. The van der Waals surface area contributed by atoms with Crippen molar-refractivity contribution >= 4 is 46.6 Å². The molecule has 0 atom stereocenters. The van der Waals surface area contributed by atoms with E-state index in [-0.39, 0.29) is 22.9 Å². The molecule has 0 bridgehead atoms. The molecule has 8 nitrogen and oxygen atoms in total. The number of hydrogen-bond donors (Lipinski definition) is 1. The summed E-state index contributed by atoms with van der Waals surface area (Å²) in [6.07, 6.45) is 5.96. The van der Waals surface area contributed by atoms with Gasteiger partial charge in [0.2, 0.25) is 0 Å². The Kier molecular flexibility index (Phi) is 5.84. The van der Waals surface area contributed by atoms with Crippen molar-refractivity contribution in [3.05, 3.63) is 52.1 Å². The quantitative estimate of drug-likeness (QED) is 0.204. The molecule has 2 saturated heterocycles. The summed E-state index contributed by atoms with van der Waals surface area (Å²) in [6.45, 7) is 5.28. The molecule has 0 unspecified atom stereocenters. The van der Waals surface area contributed by atoms with Gasteiger partial charge in [0.15, 0.2) is 5.11 Å². The Morgan fingerprint density at radius 1 is 1.25 bits per heavy atom. The molecule has 9 heteroatoms. The summed E-state index contributed by atoms with van der Waals surface area (Å²) in [5, 5.41) is 14.1. The molecule has 2 fully saturated rings. The SMILES string of the molecule is C=CCN1C(=O)/C(=C/c2ccc(N3CCCCC3)c([N+](=O)[O-])c2)C(=O)NC1=S. The maximum Gasteiger partial charge on any atom is 0.293 e. The third-order valence-electron chi connectivity index (χ3n) is 4.70. The lowest BCUT2D eigenvalue weighted by Crippen LogP contribution is -2.53. The molecule has 2 aliphatic rings. The number of nitro groups is 1. The minimum absolute atomic E-state index is 0.0125. The van der Waals surface area contributed by atoms with Crippen LogP contribution in [-0.2, 0) is 9.59 Å². The van der Waals surface area contributed by atoms with E-state index < -0.39 is 16.7 Å². The Labute approximate surface area is 167 Å². The number of amides is 2. The summed E-state index contributed by atoms with van der Waals surface area (Å²) in [7, 11) is 0. The van der Waals surface area contributed by atoms with Gasteiger partial charge < -0.3 is 4.90 Å². The fraction of sp³-hybridized carbons (Fsp3) is 0.316. The minimum atomic E-state index is -0.627. The van der Waals surface area contributed by atoms with Crippen molar-refractivity contribution in [2.45, 2.75) is 19.3 Å². The lowest BCUT2D eigenvalue weighted by atomic mass is 10.0. The van der Waals surface area contributed by atoms with Crippen molar-refractivity contribution in [3.8, 4) is 0 Å². The number of carbonyl (C=O) groups is 2. The predicted octanol–water partition coefficient (Wildman–Crippen LogP) is 2.40. The second-order valence-corrected chi connectivity index (χ2v) is 6.96. The van der Waals surface area contributed by atoms with Gasteiger partial charge in [0.1, 0.15) is 11.3 Å². The van der Waals surface area contributed by atoms with Gasteiger partial charge in [-0.1, -0.05) is 12.1 Å². The fourth-order valence-electron chi connectivity index (χ4n) is 3.33. The Morgan fingerprint density at radius 3 is 2.61 bits per heavy atom. The number of benzene rings is 1. The number of rotatable bonds is 5. The van der Waals surface area contributed by atoms with E-state index in [0.29, 0.717) is 11.3 Å². The third-order valence-corrected chi connectivity index (χ3v) is 5.02. The topological polar surface area (TPSA) is 95.8 Å². The molecule has 2 amide bonds. The second-order valence-electron chi connectivity index (χ2n) is 6.57. The minimum Gasteiger partial charge on any atom is -0.366 e. The fourth-order valence-corrected chi connectivity index (χ4v) is 3.58. The molecule has 28 heavy (non-hydrogen) atoms. The highest BCUT2D eigenvalue weighted by molar-refractivity contribution is 7.80. The molecule has 1 aromatic rings. The zero-order chi connectivity index (χ0) is 20.3. The lowest BCUT2D eigenvalue weighted by molar-refractivity contribution is -0.384. The smallest absolute Gasteiger partial charge is 0.293 e. The molecular weight excluding hydrogens is 380 g/mol. The van der Waals surface area contributed by atoms with Gasteiger partial charge in [-0.15, -0.1) is 6.58 Å². The molecule has 1 N–H and O–H groups in total. The number of carbonyl (C=O) groups excluding carboxylic acids is 2. The maximum atomic E-state index is 12.6. The summed E-state index contributed by atoms with van der Waals surface area (Å²) in [5.74, 6) is -1.19. The summed E-state index contributed by atoms with van der Waals surface area (Å²) in [4.78, 5) is 39.2. The molecule has 146 valence electrons. The van der Waals surface area contributed by atoms with Crippen LogP contribution in [-0.4, -0.2) is 46.4 Å². The first-order valence-corrected chi connectivity index (χ1v) is 9.36. The van der Waals surface area contributed by atoms with E-state index >= 15 is 0 Å². The standard InChI is InChI=1S/C19H20N4O4S/c1-2-8-22-18(25)14(17(24)20-19(22)28)11-13-6-7-15(16(12-13)23(26)27)21-9-4-3-5-10-21/h2,6-7,11-12H,1,3-5,8-10H2,(H,20,24,28)/b14-11+. The van der Waals surface area contributed by atoms with Gasteiger partial charge in [0, 0.05) is 25.7 Å². The Balaban J connectivity index is 1.96. The zero-order valence-electron chi connectivity index (χ0n) is 15.2. The first-order chi connectivity index (χ1) is 13.4. The van der Waals surface area contributed by atoms with Crippen LogP contribution in [0.4, 0.5) is 11.4 Å². The molecule has 2 aliphatic heterocycles. The van der Waals surface area contributed by atoms with Crippen LogP contribution in [0.3, 0.4) is 0 Å². The van der Waals surface area contributed by atoms with Crippen LogP contribution in [0.1, 0.15) is 24.8 Å². The van der Waals surface area contributed by atoms with Crippen molar-refractivity contribution in [1.82, 2.24) is 10.2 Å². The van der Waals surface area contributed by atoms with Crippen LogP contribution in [0.25, 0.3) is 6.08 Å². The summed E-state index contributed by atoms with van der Waals surface area (Å²) >= 11 is 5.01. The zero-order valence-corrected chi connectivity index (χ0v) is 16.0. The van der Waals surface area contributed by atoms with E-state index in [1.54, 1.807) is 12.1 Å². The Bertz CT molecular complexity index is 890. The van der Waals surface area contributed by atoms with E-state index in [1.807, 2.05) is 4.90 Å². The second kappa shape index (κ2) is 8.30. The van der Waals surface area contributed by atoms with Gasteiger partial charge in [-0.2, -0.15) is 0 Å². The van der Waals surface area contributed by atoms with Gasteiger partial charge in [0.05, 0.1) is 4.92 Å². The molecule has 0 spiro atoms. The van der Waals surface area contributed by atoms with Crippen LogP contribution in [0.5, 0.6) is 0 Å². The van der Waals surface area contributed by atoms with E-state index in [2.05, 4.69) is 11.9 Å². The highest BCUT2D eigenvalue weighted by Gasteiger charge is 2.32. The van der Waals surface area contributed by atoms with Crippen LogP contribution in [0.15, 0.2) is 36.4 Å². The summed E-state index contributed by atoms with van der Waals surface area (Å²) in [6, 6.07) is 4.74. The molecule has 1 aromatic carbocycles. The molecule has 0 saturated carbocycles. The van der Waals surface area contributed by atoms with Crippen LogP contribution < -0.4 is 10.2 Å². The van der Waals surface area contributed by atoms with E-state index in [4.69, 9.17) is 12.2 Å². The van der Waals surface area contributed by atoms with Crippen molar-refractivity contribution in [2.24, 2.45) is 0 Å². The van der Waals surface area contributed by atoms with Crippen LogP contribution in [0, 0.1) is 10.1 Å². The van der Waals surface area contributed by atoms with Crippen LogP contribution in [0.2, 0.25) is 0 Å². The average molecular weight is 400 g/mol. The highest BCUT2D eigenvalue weighted by Crippen LogP contribution is 2.32. The molecule has 0 aromatic heterocycles. The van der Waals surface area contributed by atoms with Gasteiger partial charge in [-0.05, 0) is 49.2 Å². The van der Waals surface area contributed by atoms with Crippen molar-refractivity contribution in [1.29, 1.82) is 0 Å². The van der Waals surface area contributed by atoms with Gasteiger partial charge in [-0.25, -0.2) is 0 Å². The normalized spacial score (nSPS) is 19.0. The highest BCUT2D eigenvalue weighted by atomic mass is 32.1. The van der Waals surface area contributed by atoms with Gasteiger partial charge in [-0.3, -0.25) is 29.9 Å². The lowest BCUT2D eigenvalue weighted by Gasteiger charge is -2.28. The monoisotopic (exact) mass is 400 g/mol. The van der Waals surface area contributed by atoms with Gasteiger partial charge >= 0.3 is 0 Å². The number of nitro benzene ring substituents is 1. The molecular formula is C19H20N4O4S. The molecule has 2 heterocycles. The number of thiocarbonyl (C=S) groups is 1. The summed E-state index contributed by atoms with van der Waals surface area (Å²) < 4.78 is 0. The number of piperidine rings is 1. The maximum absolute atomic E-state index is 12.6. The van der Waals surface area contributed by atoms with Crippen LogP contribution >= 0.6 is 12.2 Å². The molecule has 0 radical (unpaired) electrons. The number of nitrogens with one attached hydrogen (secondary N) is 1. The molecule has 0 aliphatic carbocycles.